The Hall–Kier alpha value is -1.40. The largest absolute Gasteiger partial charge is 0.372 e. The van der Waals surface area contributed by atoms with Crippen molar-refractivity contribution in [2.45, 2.75) is 38.8 Å². The third kappa shape index (κ3) is 3.80. The second kappa shape index (κ2) is 6.85. The van der Waals surface area contributed by atoms with Gasteiger partial charge in [-0.25, -0.2) is 0 Å². The van der Waals surface area contributed by atoms with Gasteiger partial charge < -0.3 is 19.5 Å². The summed E-state index contributed by atoms with van der Waals surface area (Å²) in [6, 6.07) is 0.149. The zero-order valence-electron chi connectivity index (χ0n) is 12.4. The van der Waals surface area contributed by atoms with Crippen LogP contribution in [0.5, 0.6) is 0 Å². The van der Waals surface area contributed by atoms with E-state index < -0.39 is 0 Å². The first-order valence-corrected chi connectivity index (χ1v) is 7.08. The fraction of sp³-hybridized carbons (Fsp3) is 0.714. The highest BCUT2D eigenvalue weighted by molar-refractivity contribution is 5.77. The molecule has 2 rings (SSSR count). The van der Waals surface area contributed by atoms with Gasteiger partial charge in [-0.2, -0.15) is 0 Å². The van der Waals surface area contributed by atoms with Gasteiger partial charge in [-0.1, -0.05) is 5.16 Å². The average molecular weight is 281 g/mol. The van der Waals surface area contributed by atoms with Crippen LogP contribution in [0.25, 0.3) is 0 Å². The lowest BCUT2D eigenvalue weighted by Gasteiger charge is -2.23. The molecule has 0 saturated carbocycles. The van der Waals surface area contributed by atoms with E-state index in [4.69, 9.17) is 9.26 Å². The van der Waals surface area contributed by atoms with Gasteiger partial charge in [0.15, 0.2) is 0 Å². The van der Waals surface area contributed by atoms with Crippen molar-refractivity contribution < 1.29 is 14.1 Å². The van der Waals surface area contributed by atoms with Gasteiger partial charge in [0.25, 0.3) is 0 Å². The van der Waals surface area contributed by atoms with Crippen LogP contribution in [0.3, 0.4) is 0 Å². The summed E-state index contributed by atoms with van der Waals surface area (Å²) in [6.07, 6.45) is 2.51. The Kier molecular flexibility index (Phi) is 5.14. The number of carbonyl (C=O) groups excluding carboxylic acids is 1. The molecule has 0 bridgehead atoms. The number of amides is 1. The van der Waals surface area contributed by atoms with E-state index in [1.54, 1.807) is 0 Å². The molecule has 0 spiro atoms. The van der Waals surface area contributed by atoms with Crippen molar-refractivity contribution in [3.63, 3.8) is 0 Å². The van der Waals surface area contributed by atoms with Gasteiger partial charge in [0.1, 0.15) is 18.1 Å². The van der Waals surface area contributed by atoms with Gasteiger partial charge in [0.2, 0.25) is 5.91 Å². The number of aromatic nitrogens is 1. The van der Waals surface area contributed by atoms with Crippen LogP contribution < -0.4 is 5.32 Å². The van der Waals surface area contributed by atoms with Crippen LogP contribution >= 0.6 is 0 Å². The number of nitrogens with zero attached hydrogens (tertiary/aromatic N) is 2. The molecule has 1 N–H and O–H groups in total. The molecule has 1 aliphatic carbocycles. The van der Waals surface area contributed by atoms with Crippen molar-refractivity contribution in [3.05, 3.63) is 17.0 Å². The molecule has 6 nitrogen and oxygen atoms in total. The Labute approximate surface area is 119 Å². The Balaban J connectivity index is 1.95. The van der Waals surface area contributed by atoms with Gasteiger partial charge in [0, 0.05) is 31.2 Å². The number of rotatable bonds is 6. The first kappa shape index (κ1) is 15.0. The maximum Gasteiger partial charge on any atom is 0.246 e. The predicted molar refractivity (Wildman–Crippen MR) is 74.3 cm³/mol. The van der Waals surface area contributed by atoms with Crippen LogP contribution in [0.4, 0.5) is 0 Å². The van der Waals surface area contributed by atoms with E-state index >= 15 is 0 Å². The average Bonchev–Trinajstić information content (AvgIpc) is 2.78. The minimum Gasteiger partial charge on any atom is -0.372 e. The fourth-order valence-electron chi connectivity index (χ4n) is 2.47. The summed E-state index contributed by atoms with van der Waals surface area (Å²) in [5.74, 6) is 0.920. The smallest absolute Gasteiger partial charge is 0.246 e. The maximum atomic E-state index is 11.7. The second-order valence-electron chi connectivity index (χ2n) is 5.41. The van der Waals surface area contributed by atoms with Gasteiger partial charge in [0.05, 0.1) is 0 Å². The van der Waals surface area contributed by atoms with E-state index in [2.05, 4.69) is 15.4 Å². The van der Waals surface area contributed by atoms with Crippen molar-refractivity contribution in [2.24, 2.45) is 0 Å². The van der Waals surface area contributed by atoms with Crippen molar-refractivity contribution >= 4 is 5.91 Å². The topological polar surface area (TPSA) is 67.6 Å². The molecule has 0 saturated heterocycles. The summed E-state index contributed by atoms with van der Waals surface area (Å²) < 4.78 is 10.5. The Morgan fingerprint density at radius 3 is 3.05 bits per heavy atom. The van der Waals surface area contributed by atoms with Crippen LogP contribution in [-0.4, -0.2) is 49.3 Å². The summed E-state index contributed by atoms with van der Waals surface area (Å²) in [5.41, 5.74) is 2.14. The van der Waals surface area contributed by atoms with E-state index in [9.17, 15) is 4.79 Å². The van der Waals surface area contributed by atoms with E-state index in [0.29, 0.717) is 6.61 Å². The number of nitrogens with one attached hydrogen (secondary N) is 1. The van der Waals surface area contributed by atoms with E-state index in [-0.39, 0.29) is 18.6 Å². The lowest BCUT2D eigenvalue weighted by atomic mass is 9.92. The quantitative estimate of drug-likeness (QED) is 0.833. The highest BCUT2D eigenvalue weighted by atomic mass is 16.5. The standard InChI is InChI=1S/C14H23N3O3/c1-4-19-9-14(18)15-10-5-6-13-11(7-10)12(16-20-13)8-17(2)3/h10H,4-9H2,1-3H3,(H,15,18). The molecule has 20 heavy (non-hydrogen) atoms. The van der Waals surface area contributed by atoms with E-state index in [0.717, 1.165) is 42.8 Å². The molecule has 0 aromatic carbocycles. The Bertz CT molecular complexity index is 457. The number of hydrogen-bond acceptors (Lipinski definition) is 5. The van der Waals surface area contributed by atoms with Crippen molar-refractivity contribution in [1.82, 2.24) is 15.4 Å². The highest BCUT2D eigenvalue weighted by Gasteiger charge is 2.26. The Morgan fingerprint density at radius 2 is 2.35 bits per heavy atom. The molecule has 1 aromatic heterocycles. The molecule has 1 aliphatic rings. The first-order valence-electron chi connectivity index (χ1n) is 7.08. The fourth-order valence-corrected chi connectivity index (χ4v) is 2.47. The number of hydrogen-bond donors (Lipinski definition) is 1. The van der Waals surface area contributed by atoms with Crippen molar-refractivity contribution in [1.29, 1.82) is 0 Å². The van der Waals surface area contributed by atoms with E-state index in [1.165, 1.54) is 0 Å². The summed E-state index contributed by atoms with van der Waals surface area (Å²) in [6.45, 7) is 3.33. The number of ether oxygens (including phenoxy) is 1. The van der Waals surface area contributed by atoms with Crippen LogP contribution in [-0.2, 0) is 28.9 Å². The molecular formula is C14H23N3O3. The molecule has 6 heteroatoms. The number of aryl methyl sites for hydroxylation is 1. The van der Waals surface area contributed by atoms with Gasteiger partial charge in [-0.3, -0.25) is 4.79 Å². The zero-order chi connectivity index (χ0) is 14.5. The van der Waals surface area contributed by atoms with Crippen LogP contribution in [0.1, 0.15) is 30.4 Å². The summed E-state index contributed by atoms with van der Waals surface area (Å²) in [5, 5.41) is 7.17. The molecule has 0 aliphatic heterocycles. The van der Waals surface area contributed by atoms with Crippen LogP contribution in [0, 0.1) is 0 Å². The molecule has 112 valence electrons. The lowest BCUT2D eigenvalue weighted by molar-refractivity contribution is -0.126. The molecular weight excluding hydrogens is 258 g/mol. The molecule has 1 atom stereocenters. The SMILES string of the molecule is CCOCC(=O)NC1CCc2onc(CN(C)C)c2C1. The lowest BCUT2D eigenvalue weighted by Crippen LogP contribution is -2.40. The Morgan fingerprint density at radius 1 is 1.55 bits per heavy atom. The normalized spacial score (nSPS) is 18.1. The number of fused-ring (bicyclic) bond motifs is 1. The molecule has 1 heterocycles. The molecule has 0 fully saturated rings. The molecule has 1 aromatic rings. The minimum atomic E-state index is -0.0501. The van der Waals surface area contributed by atoms with Crippen LogP contribution in [0.15, 0.2) is 4.52 Å². The zero-order valence-corrected chi connectivity index (χ0v) is 12.4. The summed E-state index contributed by atoms with van der Waals surface area (Å²) in [4.78, 5) is 13.8. The van der Waals surface area contributed by atoms with Crippen molar-refractivity contribution in [2.75, 3.05) is 27.3 Å². The monoisotopic (exact) mass is 281 g/mol. The predicted octanol–water partition coefficient (Wildman–Crippen LogP) is 0.746. The van der Waals surface area contributed by atoms with Crippen molar-refractivity contribution in [3.8, 4) is 0 Å². The van der Waals surface area contributed by atoms with Gasteiger partial charge in [-0.15, -0.1) is 0 Å². The van der Waals surface area contributed by atoms with Gasteiger partial charge >= 0.3 is 0 Å². The number of carbonyl (C=O) groups is 1. The summed E-state index contributed by atoms with van der Waals surface area (Å²) in [7, 11) is 4.01. The second-order valence-corrected chi connectivity index (χ2v) is 5.41. The minimum absolute atomic E-state index is 0.0501. The molecule has 1 unspecified atom stereocenters. The first-order chi connectivity index (χ1) is 9.60. The third-order valence-electron chi connectivity index (χ3n) is 3.39. The van der Waals surface area contributed by atoms with Crippen LogP contribution in [0.2, 0.25) is 0 Å². The molecule has 1 amide bonds. The highest BCUT2D eigenvalue weighted by Crippen LogP contribution is 2.25. The summed E-state index contributed by atoms with van der Waals surface area (Å²) >= 11 is 0. The third-order valence-corrected chi connectivity index (χ3v) is 3.39. The van der Waals surface area contributed by atoms with E-state index in [1.807, 2.05) is 21.0 Å². The molecule has 0 radical (unpaired) electrons. The maximum absolute atomic E-state index is 11.7. The van der Waals surface area contributed by atoms with Gasteiger partial charge in [-0.05, 0) is 33.9 Å².